The van der Waals surface area contributed by atoms with E-state index in [0.29, 0.717) is 12.2 Å². The van der Waals surface area contributed by atoms with E-state index < -0.39 is 0 Å². The molecule has 0 aromatic carbocycles. The van der Waals surface area contributed by atoms with Crippen LogP contribution in [0.1, 0.15) is 46.0 Å². The SMILES string of the molecule is CCCCCOCC1CCC(CNCC)O1. The second-order valence-corrected chi connectivity index (χ2v) is 4.55. The van der Waals surface area contributed by atoms with Gasteiger partial charge in [0.15, 0.2) is 0 Å². The molecule has 0 bridgehead atoms. The van der Waals surface area contributed by atoms with Crippen molar-refractivity contribution in [2.45, 2.75) is 58.2 Å². The van der Waals surface area contributed by atoms with Gasteiger partial charge in [-0.25, -0.2) is 0 Å². The first-order valence-corrected chi connectivity index (χ1v) is 6.80. The van der Waals surface area contributed by atoms with Crippen LogP contribution in [0.3, 0.4) is 0 Å². The Balaban J connectivity index is 1.94. The van der Waals surface area contributed by atoms with Gasteiger partial charge >= 0.3 is 0 Å². The first-order valence-electron chi connectivity index (χ1n) is 6.80. The van der Waals surface area contributed by atoms with Crippen molar-refractivity contribution < 1.29 is 9.47 Å². The molecule has 1 N–H and O–H groups in total. The lowest BCUT2D eigenvalue weighted by molar-refractivity contribution is -0.0147. The summed E-state index contributed by atoms with van der Waals surface area (Å²) >= 11 is 0. The minimum Gasteiger partial charge on any atom is -0.379 e. The summed E-state index contributed by atoms with van der Waals surface area (Å²) in [5.74, 6) is 0. The number of rotatable bonds is 9. The summed E-state index contributed by atoms with van der Waals surface area (Å²) in [5.41, 5.74) is 0. The van der Waals surface area contributed by atoms with Crippen molar-refractivity contribution >= 4 is 0 Å². The fourth-order valence-corrected chi connectivity index (χ4v) is 2.03. The highest BCUT2D eigenvalue weighted by Crippen LogP contribution is 2.19. The summed E-state index contributed by atoms with van der Waals surface area (Å²) in [6.07, 6.45) is 6.79. The number of unbranched alkanes of at least 4 members (excludes halogenated alkanes) is 2. The van der Waals surface area contributed by atoms with E-state index in [-0.39, 0.29) is 0 Å². The molecule has 0 aromatic rings. The van der Waals surface area contributed by atoms with Crippen molar-refractivity contribution in [3.8, 4) is 0 Å². The van der Waals surface area contributed by atoms with Crippen LogP contribution in [0, 0.1) is 0 Å². The fraction of sp³-hybridized carbons (Fsp3) is 1.00. The predicted molar refractivity (Wildman–Crippen MR) is 66.8 cm³/mol. The van der Waals surface area contributed by atoms with Gasteiger partial charge in [-0.15, -0.1) is 0 Å². The predicted octanol–water partition coefficient (Wildman–Crippen LogP) is 2.35. The Morgan fingerprint density at radius 3 is 2.75 bits per heavy atom. The van der Waals surface area contributed by atoms with Gasteiger partial charge in [-0.1, -0.05) is 26.7 Å². The van der Waals surface area contributed by atoms with Gasteiger partial charge in [-0.2, -0.15) is 0 Å². The summed E-state index contributed by atoms with van der Waals surface area (Å²) in [4.78, 5) is 0. The van der Waals surface area contributed by atoms with Gasteiger partial charge in [-0.3, -0.25) is 0 Å². The molecule has 1 aliphatic rings. The number of hydrogen-bond acceptors (Lipinski definition) is 3. The van der Waals surface area contributed by atoms with Crippen LogP contribution >= 0.6 is 0 Å². The number of likely N-dealkylation sites (N-methyl/N-ethyl adjacent to an activating group) is 1. The Labute approximate surface area is 99.9 Å². The van der Waals surface area contributed by atoms with Gasteiger partial charge < -0.3 is 14.8 Å². The molecule has 1 fully saturated rings. The normalized spacial score (nSPS) is 25.1. The average Bonchev–Trinajstić information content (AvgIpc) is 2.74. The van der Waals surface area contributed by atoms with Crippen molar-refractivity contribution in [3.05, 3.63) is 0 Å². The lowest BCUT2D eigenvalue weighted by Gasteiger charge is -2.14. The lowest BCUT2D eigenvalue weighted by Crippen LogP contribution is -2.27. The molecule has 2 unspecified atom stereocenters. The van der Waals surface area contributed by atoms with Gasteiger partial charge in [0.2, 0.25) is 0 Å². The quantitative estimate of drug-likeness (QED) is 0.616. The van der Waals surface area contributed by atoms with E-state index in [0.717, 1.165) is 32.7 Å². The molecule has 0 saturated carbocycles. The lowest BCUT2D eigenvalue weighted by atomic mass is 10.2. The van der Waals surface area contributed by atoms with Crippen molar-refractivity contribution in [2.24, 2.45) is 0 Å². The van der Waals surface area contributed by atoms with E-state index in [2.05, 4.69) is 19.2 Å². The van der Waals surface area contributed by atoms with Crippen LogP contribution in [0.5, 0.6) is 0 Å². The second-order valence-electron chi connectivity index (χ2n) is 4.55. The molecule has 1 saturated heterocycles. The van der Waals surface area contributed by atoms with E-state index in [9.17, 15) is 0 Å². The molecule has 1 aliphatic heterocycles. The smallest absolute Gasteiger partial charge is 0.0813 e. The first-order chi connectivity index (χ1) is 7.86. The number of ether oxygens (including phenoxy) is 2. The third kappa shape index (κ3) is 5.83. The average molecular weight is 229 g/mol. The summed E-state index contributed by atoms with van der Waals surface area (Å²) < 4.78 is 11.5. The maximum Gasteiger partial charge on any atom is 0.0813 e. The van der Waals surface area contributed by atoms with Gasteiger partial charge in [0.25, 0.3) is 0 Å². The van der Waals surface area contributed by atoms with Crippen molar-refractivity contribution in [2.75, 3.05) is 26.3 Å². The fourth-order valence-electron chi connectivity index (χ4n) is 2.03. The highest BCUT2D eigenvalue weighted by atomic mass is 16.5. The summed E-state index contributed by atoms with van der Waals surface area (Å²) in [6.45, 7) is 8.04. The van der Waals surface area contributed by atoms with E-state index in [1.54, 1.807) is 0 Å². The molecule has 1 rings (SSSR count). The van der Waals surface area contributed by atoms with Gasteiger partial charge in [-0.05, 0) is 25.8 Å². The van der Waals surface area contributed by atoms with E-state index in [4.69, 9.17) is 9.47 Å². The van der Waals surface area contributed by atoms with Crippen LogP contribution in [0.25, 0.3) is 0 Å². The third-order valence-corrected chi connectivity index (χ3v) is 3.01. The third-order valence-electron chi connectivity index (χ3n) is 3.01. The summed E-state index contributed by atoms with van der Waals surface area (Å²) in [5, 5.41) is 3.33. The summed E-state index contributed by atoms with van der Waals surface area (Å²) in [6, 6.07) is 0. The highest BCUT2D eigenvalue weighted by molar-refractivity contribution is 4.74. The molecule has 2 atom stereocenters. The Morgan fingerprint density at radius 1 is 1.19 bits per heavy atom. The Hall–Kier alpha value is -0.120. The van der Waals surface area contributed by atoms with Crippen molar-refractivity contribution in [1.29, 1.82) is 0 Å². The molecule has 0 radical (unpaired) electrons. The molecular weight excluding hydrogens is 202 g/mol. The number of hydrogen-bond donors (Lipinski definition) is 1. The molecule has 96 valence electrons. The van der Waals surface area contributed by atoms with Crippen molar-refractivity contribution in [3.63, 3.8) is 0 Å². The molecule has 0 amide bonds. The Kier molecular flexibility index (Phi) is 7.81. The highest BCUT2D eigenvalue weighted by Gasteiger charge is 2.24. The molecule has 16 heavy (non-hydrogen) atoms. The van der Waals surface area contributed by atoms with Crippen LogP contribution in [0.2, 0.25) is 0 Å². The molecule has 3 heteroatoms. The van der Waals surface area contributed by atoms with E-state index >= 15 is 0 Å². The molecule has 1 heterocycles. The largest absolute Gasteiger partial charge is 0.379 e. The minimum atomic E-state index is 0.338. The molecule has 3 nitrogen and oxygen atoms in total. The Bertz CT molecular complexity index is 164. The molecule has 0 spiro atoms. The maximum atomic E-state index is 5.88. The van der Waals surface area contributed by atoms with Gasteiger partial charge in [0.1, 0.15) is 0 Å². The van der Waals surface area contributed by atoms with Gasteiger partial charge in [0.05, 0.1) is 18.8 Å². The zero-order chi connectivity index (χ0) is 11.6. The van der Waals surface area contributed by atoms with E-state index in [1.165, 1.54) is 25.7 Å². The Morgan fingerprint density at radius 2 is 2.00 bits per heavy atom. The molecule has 0 aliphatic carbocycles. The van der Waals surface area contributed by atoms with Crippen LogP contribution < -0.4 is 5.32 Å². The zero-order valence-corrected chi connectivity index (χ0v) is 10.8. The maximum absolute atomic E-state index is 5.88. The zero-order valence-electron chi connectivity index (χ0n) is 10.8. The topological polar surface area (TPSA) is 30.5 Å². The number of nitrogens with one attached hydrogen (secondary N) is 1. The minimum absolute atomic E-state index is 0.338. The van der Waals surface area contributed by atoms with Crippen LogP contribution in [-0.4, -0.2) is 38.5 Å². The standard InChI is InChI=1S/C13H27NO2/c1-3-5-6-9-15-11-13-8-7-12(16-13)10-14-4-2/h12-14H,3-11H2,1-2H3. The van der Waals surface area contributed by atoms with Crippen LogP contribution in [0.4, 0.5) is 0 Å². The second kappa shape index (κ2) is 8.97. The monoisotopic (exact) mass is 229 g/mol. The summed E-state index contributed by atoms with van der Waals surface area (Å²) in [7, 11) is 0. The van der Waals surface area contributed by atoms with Crippen molar-refractivity contribution in [1.82, 2.24) is 5.32 Å². The first kappa shape index (κ1) is 13.9. The van der Waals surface area contributed by atoms with Crippen LogP contribution in [0.15, 0.2) is 0 Å². The van der Waals surface area contributed by atoms with Gasteiger partial charge in [0, 0.05) is 13.2 Å². The van der Waals surface area contributed by atoms with E-state index in [1.807, 2.05) is 0 Å². The molecule has 0 aromatic heterocycles. The van der Waals surface area contributed by atoms with Crippen LogP contribution in [-0.2, 0) is 9.47 Å². The molecular formula is C13H27NO2.